The van der Waals surface area contributed by atoms with Gasteiger partial charge >= 0.3 is 0 Å². The first-order valence-corrected chi connectivity index (χ1v) is 12.0. The molecule has 1 aliphatic heterocycles. The first kappa shape index (κ1) is 22.9. The Morgan fingerprint density at radius 2 is 1.94 bits per heavy atom. The van der Waals surface area contributed by atoms with E-state index in [0.29, 0.717) is 30.2 Å². The van der Waals surface area contributed by atoms with Gasteiger partial charge in [0, 0.05) is 37.1 Å². The van der Waals surface area contributed by atoms with E-state index in [9.17, 15) is 21.6 Å². The number of nitrogens with zero attached hydrogens (tertiary/aromatic N) is 4. The van der Waals surface area contributed by atoms with Crippen molar-refractivity contribution < 1.29 is 21.6 Å². The molecule has 3 heterocycles. The average Bonchev–Trinajstić information content (AvgIpc) is 3.05. The van der Waals surface area contributed by atoms with Gasteiger partial charge in [0.25, 0.3) is 16.1 Å². The summed E-state index contributed by atoms with van der Waals surface area (Å²) in [4.78, 5) is 13.0. The fraction of sp³-hybridized carbons (Fsp3) is 0.632. The number of fused-ring (bicyclic) bond motifs is 1. The van der Waals surface area contributed by atoms with Gasteiger partial charge in [-0.05, 0) is 38.7 Å². The molecule has 4 rings (SSSR count). The van der Waals surface area contributed by atoms with Crippen molar-refractivity contribution in [2.45, 2.75) is 63.2 Å². The molecule has 0 spiro atoms. The summed E-state index contributed by atoms with van der Waals surface area (Å²) < 4.78 is 66.5. The van der Waals surface area contributed by atoms with Gasteiger partial charge in [0.2, 0.25) is 5.95 Å². The minimum Gasteiger partial charge on any atom is -0.359 e. The van der Waals surface area contributed by atoms with E-state index in [0.717, 1.165) is 0 Å². The molecular formula is C19H26F3N7O2S. The highest BCUT2D eigenvalue weighted by atomic mass is 32.2. The lowest BCUT2D eigenvalue weighted by molar-refractivity contribution is -0.000659. The fourth-order valence-corrected chi connectivity index (χ4v) is 4.86. The molecule has 9 nitrogen and oxygen atoms in total. The van der Waals surface area contributed by atoms with E-state index in [4.69, 9.17) is 5.14 Å². The first-order valence-electron chi connectivity index (χ1n) is 10.5. The molecule has 2 fully saturated rings. The van der Waals surface area contributed by atoms with E-state index in [-0.39, 0.29) is 49.4 Å². The number of hydrogen-bond donors (Lipinski definition) is 3. The summed E-state index contributed by atoms with van der Waals surface area (Å²) >= 11 is 0. The van der Waals surface area contributed by atoms with Crippen molar-refractivity contribution in [1.29, 1.82) is 0 Å². The zero-order valence-electron chi connectivity index (χ0n) is 17.6. The van der Waals surface area contributed by atoms with Crippen LogP contribution in [0, 0.1) is 0 Å². The van der Waals surface area contributed by atoms with Gasteiger partial charge in [-0.3, -0.25) is 0 Å². The van der Waals surface area contributed by atoms with E-state index in [1.807, 2.05) is 0 Å². The van der Waals surface area contributed by atoms with Crippen molar-refractivity contribution in [2.75, 3.05) is 23.7 Å². The number of halogens is 3. The number of piperidine rings is 1. The van der Waals surface area contributed by atoms with Crippen molar-refractivity contribution in [2.24, 2.45) is 5.14 Å². The summed E-state index contributed by atoms with van der Waals surface area (Å²) in [5, 5.41) is 11.6. The number of aromatic nitrogens is 3. The molecule has 1 unspecified atom stereocenters. The third-order valence-electron chi connectivity index (χ3n) is 5.96. The second kappa shape index (κ2) is 8.60. The lowest BCUT2D eigenvalue weighted by atomic mass is 10.1. The SMILES string of the molecule is CC(F)c1cc2cnc(NC3CCN(S(N)(=O)=O)CC3)nc2c(N[C@@H]2CCCC2(F)F)n1. The molecule has 4 N–H and O–H groups in total. The van der Waals surface area contributed by atoms with Crippen LogP contribution in [0.4, 0.5) is 24.9 Å². The second-order valence-electron chi connectivity index (χ2n) is 8.36. The molecular weight excluding hydrogens is 447 g/mol. The molecule has 2 aromatic rings. The first-order chi connectivity index (χ1) is 15.0. The van der Waals surface area contributed by atoms with Gasteiger partial charge < -0.3 is 10.6 Å². The monoisotopic (exact) mass is 473 g/mol. The van der Waals surface area contributed by atoms with Crippen LogP contribution in [0.2, 0.25) is 0 Å². The van der Waals surface area contributed by atoms with Gasteiger partial charge in [-0.15, -0.1) is 0 Å². The second-order valence-corrected chi connectivity index (χ2v) is 9.90. The molecule has 1 saturated heterocycles. The fourth-order valence-electron chi connectivity index (χ4n) is 4.14. The summed E-state index contributed by atoms with van der Waals surface area (Å²) in [5.74, 6) is -2.52. The zero-order chi connectivity index (χ0) is 23.1. The Hall–Kier alpha value is -2.25. The molecule has 1 aliphatic carbocycles. The quantitative estimate of drug-likeness (QED) is 0.589. The van der Waals surface area contributed by atoms with Crippen molar-refractivity contribution in [1.82, 2.24) is 19.3 Å². The summed E-state index contributed by atoms with van der Waals surface area (Å²) in [6.07, 6.45) is 1.59. The Morgan fingerprint density at radius 1 is 1.22 bits per heavy atom. The van der Waals surface area contributed by atoms with Crippen LogP contribution in [0.1, 0.15) is 50.9 Å². The van der Waals surface area contributed by atoms with Crippen LogP contribution in [0.15, 0.2) is 12.3 Å². The summed E-state index contributed by atoms with van der Waals surface area (Å²) in [6.45, 7) is 1.87. The number of anilines is 2. The van der Waals surface area contributed by atoms with Gasteiger partial charge in [-0.2, -0.15) is 12.7 Å². The van der Waals surface area contributed by atoms with E-state index >= 15 is 0 Å². The Morgan fingerprint density at radius 3 is 2.53 bits per heavy atom. The van der Waals surface area contributed by atoms with Gasteiger partial charge in [0.1, 0.15) is 11.7 Å². The van der Waals surface area contributed by atoms with Crippen molar-refractivity contribution >= 4 is 32.9 Å². The van der Waals surface area contributed by atoms with Crippen molar-refractivity contribution in [3.8, 4) is 0 Å². The maximum Gasteiger partial charge on any atom is 0.276 e. The average molecular weight is 474 g/mol. The highest BCUT2D eigenvalue weighted by Gasteiger charge is 2.44. The van der Waals surface area contributed by atoms with E-state index in [1.165, 1.54) is 23.5 Å². The minimum atomic E-state index is -3.72. The summed E-state index contributed by atoms with van der Waals surface area (Å²) in [7, 11) is -3.72. The van der Waals surface area contributed by atoms with E-state index in [2.05, 4.69) is 25.6 Å². The van der Waals surface area contributed by atoms with Crippen LogP contribution >= 0.6 is 0 Å². The highest BCUT2D eigenvalue weighted by molar-refractivity contribution is 7.86. The molecule has 0 amide bonds. The predicted molar refractivity (Wildman–Crippen MR) is 114 cm³/mol. The topological polar surface area (TPSA) is 126 Å². The number of alkyl halides is 3. The number of hydrogen-bond acceptors (Lipinski definition) is 7. The maximum absolute atomic E-state index is 14.2. The number of nitrogens with one attached hydrogen (secondary N) is 2. The van der Waals surface area contributed by atoms with E-state index in [1.54, 1.807) is 0 Å². The molecule has 32 heavy (non-hydrogen) atoms. The summed E-state index contributed by atoms with van der Waals surface area (Å²) in [5.41, 5.74) is 0.428. The third-order valence-corrected chi connectivity index (χ3v) is 7.05. The molecule has 0 aromatic carbocycles. The van der Waals surface area contributed by atoms with Crippen LogP contribution in [0.25, 0.3) is 10.9 Å². The van der Waals surface area contributed by atoms with Crippen LogP contribution in [-0.4, -0.2) is 58.8 Å². The van der Waals surface area contributed by atoms with Gasteiger partial charge in [0.05, 0.1) is 11.7 Å². The molecule has 0 radical (unpaired) electrons. The largest absolute Gasteiger partial charge is 0.359 e. The summed E-state index contributed by atoms with van der Waals surface area (Å²) in [6, 6.07) is 0.322. The van der Waals surface area contributed by atoms with Crippen molar-refractivity contribution in [3.05, 3.63) is 18.0 Å². The standard InChI is InChI=1S/C19H26F3N7O2S/c1-11(20)14-9-12-10-24-18(25-13-4-7-29(8-5-13)32(23,30)31)28-16(12)17(26-14)27-15-3-2-6-19(15,21)22/h9-11,13,15H,2-8H2,1H3,(H,26,27)(H2,23,30,31)(H,24,25,28)/t11?,15-/m1/s1. The minimum absolute atomic E-state index is 0.0841. The maximum atomic E-state index is 14.2. The molecule has 2 aliphatic rings. The van der Waals surface area contributed by atoms with E-state index < -0.39 is 28.3 Å². The van der Waals surface area contributed by atoms with Gasteiger partial charge in [0.15, 0.2) is 5.82 Å². The van der Waals surface area contributed by atoms with Crippen molar-refractivity contribution in [3.63, 3.8) is 0 Å². The predicted octanol–water partition coefficient (Wildman–Crippen LogP) is 2.73. The van der Waals surface area contributed by atoms with Crippen LogP contribution < -0.4 is 15.8 Å². The normalized spacial score (nSPS) is 23.3. The number of rotatable bonds is 6. The van der Waals surface area contributed by atoms with Gasteiger partial charge in [-0.1, -0.05) is 0 Å². The Balaban J connectivity index is 1.59. The lowest BCUT2D eigenvalue weighted by Crippen LogP contribution is -2.45. The number of nitrogens with two attached hydrogens (primary N) is 1. The highest BCUT2D eigenvalue weighted by Crippen LogP contribution is 2.38. The molecule has 1 saturated carbocycles. The zero-order valence-corrected chi connectivity index (χ0v) is 18.4. The van der Waals surface area contributed by atoms with Crippen LogP contribution in [0.5, 0.6) is 0 Å². The molecule has 13 heteroatoms. The van der Waals surface area contributed by atoms with Gasteiger partial charge in [-0.25, -0.2) is 33.3 Å². The lowest BCUT2D eigenvalue weighted by Gasteiger charge is -2.30. The molecule has 2 atom stereocenters. The Labute approximate surface area is 184 Å². The van der Waals surface area contributed by atoms with Crippen LogP contribution in [-0.2, 0) is 10.2 Å². The Bertz CT molecular complexity index is 1090. The third kappa shape index (κ3) is 4.89. The molecule has 2 aromatic heterocycles. The molecule has 176 valence electrons. The smallest absolute Gasteiger partial charge is 0.276 e. The molecule has 0 bridgehead atoms. The number of pyridine rings is 1. The Kier molecular flexibility index (Phi) is 6.16. The van der Waals surface area contributed by atoms with Crippen LogP contribution in [0.3, 0.4) is 0 Å².